The van der Waals surface area contributed by atoms with E-state index in [1.165, 1.54) is 0 Å². The van der Waals surface area contributed by atoms with E-state index in [9.17, 15) is 9.59 Å². The average Bonchev–Trinajstić information content (AvgIpc) is 2.79. The van der Waals surface area contributed by atoms with Crippen molar-refractivity contribution in [2.75, 3.05) is 24.4 Å². The molecular weight excluding hydrogens is 384 g/mol. The van der Waals surface area contributed by atoms with Gasteiger partial charge in [-0.25, -0.2) is 0 Å². The van der Waals surface area contributed by atoms with Gasteiger partial charge < -0.3 is 24.8 Å². The lowest BCUT2D eigenvalue weighted by atomic mass is 10.1. The van der Waals surface area contributed by atoms with Gasteiger partial charge in [0.2, 0.25) is 6.10 Å². The maximum Gasteiger partial charge on any atom is 0.269 e. The first-order valence-corrected chi connectivity index (χ1v) is 9.38. The van der Waals surface area contributed by atoms with Crippen molar-refractivity contribution in [3.63, 3.8) is 0 Å². The van der Waals surface area contributed by atoms with Crippen LogP contribution >= 0.6 is 0 Å². The largest absolute Gasteiger partial charge is 0.495 e. The van der Waals surface area contributed by atoms with E-state index in [0.29, 0.717) is 34.2 Å². The smallest absolute Gasteiger partial charge is 0.269 e. The molecular formula is C23H20N2O5. The van der Waals surface area contributed by atoms with Crippen LogP contribution < -0.4 is 24.8 Å². The van der Waals surface area contributed by atoms with Crippen LogP contribution in [0.3, 0.4) is 0 Å². The van der Waals surface area contributed by atoms with E-state index in [0.717, 1.165) is 0 Å². The average molecular weight is 404 g/mol. The molecule has 1 aliphatic rings. The summed E-state index contributed by atoms with van der Waals surface area (Å²) in [6, 6.07) is 21.0. The summed E-state index contributed by atoms with van der Waals surface area (Å²) >= 11 is 0. The van der Waals surface area contributed by atoms with Crippen LogP contribution in [-0.2, 0) is 4.79 Å². The fourth-order valence-corrected chi connectivity index (χ4v) is 3.02. The third-order valence-electron chi connectivity index (χ3n) is 4.57. The molecule has 1 heterocycles. The molecule has 2 N–H and O–H groups in total. The number of amides is 2. The van der Waals surface area contributed by atoms with Crippen LogP contribution in [0.25, 0.3) is 0 Å². The normalized spacial score (nSPS) is 14.5. The van der Waals surface area contributed by atoms with Gasteiger partial charge in [0.15, 0.2) is 11.5 Å². The number of hydrogen-bond donors (Lipinski definition) is 2. The maximum atomic E-state index is 12.5. The summed E-state index contributed by atoms with van der Waals surface area (Å²) in [5, 5.41) is 5.59. The first-order valence-electron chi connectivity index (χ1n) is 9.38. The molecule has 152 valence electrons. The van der Waals surface area contributed by atoms with Gasteiger partial charge in [-0.15, -0.1) is 0 Å². The van der Waals surface area contributed by atoms with Gasteiger partial charge in [-0.2, -0.15) is 0 Å². The zero-order valence-electron chi connectivity index (χ0n) is 16.3. The van der Waals surface area contributed by atoms with Crippen molar-refractivity contribution in [2.45, 2.75) is 6.10 Å². The van der Waals surface area contributed by atoms with Gasteiger partial charge in [-0.3, -0.25) is 9.59 Å². The van der Waals surface area contributed by atoms with Gasteiger partial charge >= 0.3 is 0 Å². The molecule has 0 spiro atoms. The Morgan fingerprint density at radius 1 is 0.900 bits per heavy atom. The fourth-order valence-electron chi connectivity index (χ4n) is 3.02. The molecule has 0 bridgehead atoms. The van der Waals surface area contributed by atoms with Gasteiger partial charge in [0.25, 0.3) is 11.8 Å². The fraction of sp³-hybridized carbons (Fsp3) is 0.130. The molecule has 0 fully saturated rings. The molecule has 1 atom stereocenters. The van der Waals surface area contributed by atoms with Crippen LogP contribution in [0, 0.1) is 0 Å². The highest BCUT2D eigenvalue weighted by Crippen LogP contribution is 2.31. The lowest BCUT2D eigenvalue weighted by Crippen LogP contribution is -2.40. The Morgan fingerprint density at radius 3 is 2.37 bits per heavy atom. The number of anilines is 2. The van der Waals surface area contributed by atoms with Crippen molar-refractivity contribution in [3.05, 3.63) is 78.4 Å². The number of carbonyl (C=O) groups excluding carboxylic acids is 2. The number of rotatable bonds is 5. The number of ether oxygens (including phenoxy) is 3. The van der Waals surface area contributed by atoms with Crippen molar-refractivity contribution in [2.24, 2.45) is 0 Å². The second kappa shape index (κ2) is 8.57. The monoisotopic (exact) mass is 404 g/mol. The maximum absolute atomic E-state index is 12.5. The lowest BCUT2D eigenvalue weighted by Gasteiger charge is -2.25. The minimum absolute atomic E-state index is 0.127. The lowest BCUT2D eigenvalue weighted by molar-refractivity contribution is -0.125. The molecule has 0 unspecified atom stereocenters. The molecule has 0 saturated heterocycles. The first kappa shape index (κ1) is 19.3. The van der Waals surface area contributed by atoms with E-state index >= 15 is 0 Å². The highest BCUT2D eigenvalue weighted by Gasteiger charge is 2.27. The number of methoxy groups -OCH3 is 1. The van der Waals surface area contributed by atoms with Crippen molar-refractivity contribution >= 4 is 23.2 Å². The summed E-state index contributed by atoms with van der Waals surface area (Å²) in [5.74, 6) is 1.12. The number of hydrogen-bond acceptors (Lipinski definition) is 5. The van der Waals surface area contributed by atoms with E-state index < -0.39 is 6.10 Å². The van der Waals surface area contributed by atoms with Crippen LogP contribution in [0.15, 0.2) is 72.8 Å². The van der Waals surface area contributed by atoms with Gasteiger partial charge in [0.1, 0.15) is 12.4 Å². The van der Waals surface area contributed by atoms with Crippen molar-refractivity contribution in [1.29, 1.82) is 0 Å². The first-order chi connectivity index (χ1) is 14.6. The summed E-state index contributed by atoms with van der Waals surface area (Å²) in [7, 11) is 1.54. The molecule has 7 nitrogen and oxygen atoms in total. The van der Waals surface area contributed by atoms with Crippen LogP contribution in [-0.4, -0.2) is 31.6 Å². The molecule has 2 amide bonds. The zero-order chi connectivity index (χ0) is 20.9. The Hall–Kier alpha value is -4.00. The summed E-state index contributed by atoms with van der Waals surface area (Å²) < 4.78 is 16.5. The van der Waals surface area contributed by atoms with E-state index in [4.69, 9.17) is 14.2 Å². The number of fused-ring (bicyclic) bond motifs is 1. The number of para-hydroxylation sites is 4. The van der Waals surface area contributed by atoms with Crippen LogP contribution in [0.4, 0.5) is 11.4 Å². The quantitative estimate of drug-likeness (QED) is 0.677. The predicted molar refractivity (Wildman–Crippen MR) is 112 cm³/mol. The van der Waals surface area contributed by atoms with E-state index in [1.807, 2.05) is 24.3 Å². The highest BCUT2D eigenvalue weighted by molar-refractivity contribution is 6.05. The summed E-state index contributed by atoms with van der Waals surface area (Å²) in [4.78, 5) is 25.0. The van der Waals surface area contributed by atoms with Gasteiger partial charge in [-0.1, -0.05) is 24.3 Å². The topological polar surface area (TPSA) is 85.9 Å². The van der Waals surface area contributed by atoms with E-state index in [1.54, 1.807) is 55.6 Å². The summed E-state index contributed by atoms with van der Waals surface area (Å²) in [6.07, 6.45) is -0.756. The second-order valence-corrected chi connectivity index (χ2v) is 6.59. The molecule has 4 rings (SSSR count). The Bertz CT molecular complexity index is 1070. The van der Waals surface area contributed by atoms with E-state index in [2.05, 4.69) is 10.6 Å². The van der Waals surface area contributed by atoms with Crippen LogP contribution in [0.2, 0.25) is 0 Å². The van der Waals surface area contributed by atoms with Crippen molar-refractivity contribution in [1.82, 2.24) is 0 Å². The van der Waals surface area contributed by atoms with Crippen LogP contribution in [0.1, 0.15) is 10.4 Å². The molecule has 7 heteroatoms. The number of nitrogens with one attached hydrogen (secondary N) is 2. The molecule has 0 radical (unpaired) electrons. The van der Waals surface area contributed by atoms with Crippen molar-refractivity contribution < 1.29 is 23.8 Å². The minimum atomic E-state index is -0.756. The minimum Gasteiger partial charge on any atom is -0.495 e. The predicted octanol–water partition coefficient (Wildman–Crippen LogP) is 3.73. The third kappa shape index (κ3) is 4.20. The Morgan fingerprint density at radius 2 is 1.60 bits per heavy atom. The van der Waals surface area contributed by atoms with E-state index in [-0.39, 0.29) is 18.4 Å². The molecule has 3 aromatic rings. The number of benzene rings is 3. The third-order valence-corrected chi connectivity index (χ3v) is 4.57. The highest BCUT2D eigenvalue weighted by atomic mass is 16.6. The SMILES string of the molecule is COc1ccccc1NC(=O)c1ccc(NC(=O)[C@@H]2COc3ccccc3O2)cc1. The molecule has 3 aromatic carbocycles. The summed E-state index contributed by atoms with van der Waals surface area (Å²) in [5.41, 5.74) is 1.58. The van der Waals surface area contributed by atoms with Gasteiger partial charge in [-0.05, 0) is 48.5 Å². The Balaban J connectivity index is 1.38. The molecule has 30 heavy (non-hydrogen) atoms. The Labute approximate surface area is 173 Å². The molecule has 0 aliphatic carbocycles. The second-order valence-electron chi connectivity index (χ2n) is 6.59. The standard InChI is InChI=1S/C23H20N2O5/c1-28-18-7-3-2-6-17(18)25-22(26)15-10-12-16(13-11-15)24-23(27)21-14-29-19-8-4-5-9-20(19)30-21/h2-13,21H,14H2,1H3,(H,24,27)(H,25,26)/t21-/m0/s1. The zero-order valence-corrected chi connectivity index (χ0v) is 16.3. The summed E-state index contributed by atoms with van der Waals surface area (Å²) in [6.45, 7) is 0.127. The molecule has 0 aromatic heterocycles. The van der Waals surface area contributed by atoms with Crippen LogP contribution in [0.5, 0.6) is 17.2 Å². The number of carbonyl (C=O) groups is 2. The molecule has 1 aliphatic heterocycles. The van der Waals surface area contributed by atoms with Gasteiger partial charge in [0, 0.05) is 11.3 Å². The molecule has 0 saturated carbocycles. The van der Waals surface area contributed by atoms with Crippen molar-refractivity contribution in [3.8, 4) is 17.2 Å². The Kier molecular flexibility index (Phi) is 5.52. The van der Waals surface area contributed by atoms with Gasteiger partial charge in [0.05, 0.1) is 12.8 Å².